The average Bonchev–Trinajstić information content (AvgIpc) is 2.31. The SMILES string of the molecule is CCCCCN(C(=O)CCC(C)(C)CCN)C(C)C. The number of nitrogens with zero attached hydrogens (tertiary/aromatic N) is 1. The Hall–Kier alpha value is -0.570. The fourth-order valence-electron chi connectivity index (χ4n) is 2.31. The first kappa shape index (κ1) is 18.4. The van der Waals surface area contributed by atoms with Crippen molar-refractivity contribution in [3.8, 4) is 0 Å². The molecular formula is C16H34N2O. The second-order valence-electron chi connectivity index (χ2n) is 6.59. The number of nitrogens with two attached hydrogens (primary N) is 1. The van der Waals surface area contributed by atoms with Gasteiger partial charge in [-0.1, -0.05) is 33.6 Å². The first-order valence-corrected chi connectivity index (χ1v) is 7.83. The summed E-state index contributed by atoms with van der Waals surface area (Å²) in [4.78, 5) is 14.4. The van der Waals surface area contributed by atoms with Gasteiger partial charge < -0.3 is 10.6 Å². The summed E-state index contributed by atoms with van der Waals surface area (Å²) in [5.41, 5.74) is 5.79. The summed E-state index contributed by atoms with van der Waals surface area (Å²) in [5, 5.41) is 0. The molecule has 114 valence electrons. The third-order valence-corrected chi connectivity index (χ3v) is 3.78. The first-order chi connectivity index (χ1) is 8.84. The van der Waals surface area contributed by atoms with Crippen molar-refractivity contribution in [2.45, 2.75) is 79.2 Å². The maximum atomic E-state index is 12.3. The van der Waals surface area contributed by atoms with Crippen LogP contribution in [0.3, 0.4) is 0 Å². The molecule has 0 saturated heterocycles. The van der Waals surface area contributed by atoms with Gasteiger partial charge in [0, 0.05) is 19.0 Å². The van der Waals surface area contributed by atoms with Crippen molar-refractivity contribution in [1.29, 1.82) is 0 Å². The summed E-state index contributed by atoms with van der Waals surface area (Å²) < 4.78 is 0. The van der Waals surface area contributed by atoms with Crippen molar-refractivity contribution < 1.29 is 4.79 Å². The zero-order valence-corrected chi connectivity index (χ0v) is 13.7. The minimum Gasteiger partial charge on any atom is -0.340 e. The molecule has 0 radical (unpaired) electrons. The predicted octanol–water partition coefficient (Wildman–Crippen LogP) is 3.57. The van der Waals surface area contributed by atoms with Crippen molar-refractivity contribution in [2.75, 3.05) is 13.1 Å². The minimum absolute atomic E-state index is 0.177. The highest BCUT2D eigenvalue weighted by molar-refractivity contribution is 5.76. The maximum absolute atomic E-state index is 12.3. The fourth-order valence-corrected chi connectivity index (χ4v) is 2.31. The van der Waals surface area contributed by atoms with E-state index >= 15 is 0 Å². The van der Waals surface area contributed by atoms with E-state index in [1.165, 1.54) is 12.8 Å². The Kier molecular flexibility index (Phi) is 9.07. The first-order valence-electron chi connectivity index (χ1n) is 7.83. The number of amides is 1. The van der Waals surface area contributed by atoms with Gasteiger partial charge in [0.25, 0.3) is 0 Å². The Balaban J connectivity index is 4.25. The maximum Gasteiger partial charge on any atom is 0.222 e. The van der Waals surface area contributed by atoms with Gasteiger partial charge in [-0.3, -0.25) is 4.79 Å². The molecule has 0 aliphatic heterocycles. The molecule has 0 spiro atoms. The Bertz CT molecular complexity index is 249. The lowest BCUT2D eigenvalue weighted by molar-refractivity contribution is -0.133. The Morgan fingerprint density at radius 3 is 2.32 bits per heavy atom. The minimum atomic E-state index is 0.177. The van der Waals surface area contributed by atoms with Gasteiger partial charge in [-0.2, -0.15) is 0 Å². The van der Waals surface area contributed by atoms with Crippen LogP contribution in [0.2, 0.25) is 0 Å². The highest BCUT2D eigenvalue weighted by Gasteiger charge is 2.22. The molecule has 2 N–H and O–H groups in total. The van der Waals surface area contributed by atoms with Gasteiger partial charge in [0.1, 0.15) is 0 Å². The molecule has 3 heteroatoms. The zero-order valence-electron chi connectivity index (χ0n) is 13.7. The summed E-state index contributed by atoms with van der Waals surface area (Å²) in [6.07, 6.45) is 6.08. The van der Waals surface area contributed by atoms with Crippen molar-refractivity contribution in [2.24, 2.45) is 11.1 Å². The molecular weight excluding hydrogens is 236 g/mol. The van der Waals surface area contributed by atoms with Crippen LogP contribution in [0.15, 0.2) is 0 Å². The molecule has 0 fully saturated rings. The lowest BCUT2D eigenvalue weighted by atomic mass is 9.84. The van der Waals surface area contributed by atoms with E-state index in [1.807, 2.05) is 4.90 Å². The van der Waals surface area contributed by atoms with E-state index < -0.39 is 0 Å². The monoisotopic (exact) mass is 270 g/mol. The van der Waals surface area contributed by atoms with Crippen LogP contribution in [0.25, 0.3) is 0 Å². The highest BCUT2D eigenvalue weighted by Crippen LogP contribution is 2.26. The van der Waals surface area contributed by atoms with Crippen LogP contribution in [0, 0.1) is 5.41 Å². The second-order valence-corrected chi connectivity index (χ2v) is 6.59. The molecule has 0 saturated carbocycles. The highest BCUT2D eigenvalue weighted by atomic mass is 16.2. The van der Waals surface area contributed by atoms with Gasteiger partial charge in [-0.05, 0) is 45.1 Å². The number of hydrogen-bond donors (Lipinski definition) is 1. The molecule has 0 rings (SSSR count). The molecule has 19 heavy (non-hydrogen) atoms. The third-order valence-electron chi connectivity index (χ3n) is 3.78. The smallest absolute Gasteiger partial charge is 0.222 e. The van der Waals surface area contributed by atoms with Crippen LogP contribution >= 0.6 is 0 Å². The number of unbranched alkanes of at least 4 members (excludes halogenated alkanes) is 2. The molecule has 0 aromatic rings. The second kappa shape index (κ2) is 9.35. The molecule has 0 unspecified atom stereocenters. The van der Waals surface area contributed by atoms with Gasteiger partial charge in [-0.25, -0.2) is 0 Å². The molecule has 0 aromatic carbocycles. The molecule has 0 aliphatic carbocycles. The lowest BCUT2D eigenvalue weighted by Gasteiger charge is -2.29. The van der Waals surface area contributed by atoms with E-state index in [2.05, 4.69) is 34.6 Å². The lowest BCUT2D eigenvalue weighted by Crippen LogP contribution is -2.38. The molecule has 1 amide bonds. The predicted molar refractivity (Wildman–Crippen MR) is 83.1 cm³/mol. The molecule has 0 aliphatic rings. The van der Waals surface area contributed by atoms with Crippen LogP contribution in [0.5, 0.6) is 0 Å². The number of carbonyl (C=O) groups excluding carboxylic acids is 1. The average molecular weight is 270 g/mol. The van der Waals surface area contributed by atoms with E-state index in [9.17, 15) is 4.79 Å². The van der Waals surface area contributed by atoms with E-state index in [-0.39, 0.29) is 5.41 Å². The number of hydrogen-bond acceptors (Lipinski definition) is 2. The standard InChI is InChI=1S/C16H34N2O/c1-6-7-8-13-18(14(2)3)15(19)9-10-16(4,5)11-12-17/h14H,6-13,17H2,1-5H3. The normalized spacial score (nSPS) is 11.9. The van der Waals surface area contributed by atoms with Crippen molar-refractivity contribution in [3.63, 3.8) is 0 Å². The van der Waals surface area contributed by atoms with E-state index in [0.717, 1.165) is 25.8 Å². The Morgan fingerprint density at radius 2 is 1.84 bits per heavy atom. The molecule has 0 atom stereocenters. The van der Waals surface area contributed by atoms with Gasteiger partial charge in [-0.15, -0.1) is 0 Å². The van der Waals surface area contributed by atoms with E-state index in [0.29, 0.717) is 24.9 Å². The zero-order chi connectivity index (χ0) is 14.9. The van der Waals surface area contributed by atoms with Gasteiger partial charge in [0.2, 0.25) is 5.91 Å². The summed E-state index contributed by atoms with van der Waals surface area (Å²) in [5.74, 6) is 0.302. The quantitative estimate of drug-likeness (QED) is 0.617. The van der Waals surface area contributed by atoms with Crippen LogP contribution < -0.4 is 5.73 Å². The molecule has 0 aromatic heterocycles. The van der Waals surface area contributed by atoms with Crippen molar-refractivity contribution in [3.05, 3.63) is 0 Å². The van der Waals surface area contributed by atoms with Crippen LogP contribution in [-0.4, -0.2) is 29.9 Å². The third kappa shape index (κ3) is 8.25. The summed E-state index contributed by atoms with van der Waals surface area (Å²) in [7, 11) is 0. The van der Waals surface area contributed by atoms with Gasteiger partial charge in [0.15, 0.2) is 0 Å². The van der Waals surface area contributed by atoms with Gasteiger partial charge >= 0.3 is 0 Å². The topological polar surface area (TPSA) is 46.3 Å². The van der Waals surface area contributed by atoms with Crippen LogP contribution in [0.1, 0.15) is 73.1 Å². The number of carbonyl (C=O) groups is 1. The van der Waals surface area contributed by atoms with Crippen LogP contribution in [-0.2, 0) is 4.79 Å². The summed E-state index contributed by atoms with van der Waals surface area (Å²) in [6, 6.07) is 0.307. The summed E-state index contributed by atoms with van der Waals surface area (Å²) >= 11 is 0. The van der Waals surface area contributed by atoms with Crippen molar-refractivity contribution >= 4 is 5.91 Å². The Morgan fingerprint density at radius 1 is 1.21 bits per heavy atom. The van der Waals surface area contributed by atoms with Crippen molar-refractivity contribution in [1.82, 2.24) is 4.90 Å². The summed E-state index contributed by atoms with van der Waals surface area (Å²) in [6.45, 7) is 12.4. The molecule has 3 nitrogen and oxygen atoms in total. The Labute approximate surface area is 119 Å². The van der Waals surface area contributed by atoms with Gasteiger partial charge in [0.05, 0.1) is 0 Å². The number of rotatable bonds is 10. The largest absolute Gasteiger partial charge is 0.340 e. The molecule has 0 heterocycles. The molecule has 0 bridgehead atoms. The van der Waals surface area contributed by atoms with E-state index in [4.69, 9.17) is 5.73 Å². The fraction of sp³-hybridized carbons (Fsp3) is 0.938. The van der Waals surface area contributed by atoms with Crippen LogP contribution in [0.4, 0.5) is 0 Å². The van der Waals surface area contributed by atoms with E-state index in [1.54, 1.807) is 0 Å².